The summed E-state index contributed by atoms with van der Waals surface area (Å²) in [6, 6.07) is 8.68. The Morgan fingerprint density at radius 1 is 1.24 bits per heavy atom. The number of halogens is 2. The average Bonchev–Trinajstić information content (AvgIpc) is 2.29. The molecule has 1 heterocycles. The van der Waals surface area contributed by atoms with Gasteiger partial charge >= 0.3 is 0 Å². The van der Waals surface area contributed by atoms with E-state index in [0.717, 1.165) is 10.7 Å². The summed E-state index contributed by atoms with van der Waals surface area (Å²) in [5.74, 6) is -0.520. The first-order valence-electron chi connectivity index (χ1n) is 5.11. The van der Waals surface area contributed by atoms with Crippen LogP contribution in [0.2, 0.25) is 0 Å². The molecule has 1 aromatic carbocycles. The molecule has 0 amide bonds. The van der Waals surface area contributed by atoms with Crippen molar-refractivity contribution < 1.29 is 9.50 Å². The molecule has 0 saturated carbocycles. The van der Waals surface area contributed by atoms with Gasteiger partial charge in [-0.2, -0.15) is 0 Å². The second-order valence-corrected chi connectivity index (χ2v) is 4.76. The smallest absolute Gasteiger partial charge is 0.147 e. The van der Waals surface area contributed by atoms with Crippen LogP contribution in [0, 0.1) is 5.82 Å². The maximum Gasteiger partial charge on any atom is 0.147 e. The van der Waals surface area contributed by atoms with E-state index in [2.05, 4.69) is 20.9 Å². The normalized spacial score (nSPS) is 14.4. The van der Waals surface area contributed by atoms with Crippen LogP contribution in [0.3, 0.4) is 0 Å². The highest BCUT2D eigenvalue weighted by atomic mass is 79.9. The summed E-state index contributed by atoms with van der Waals surface area (Å²) in [6.45, 7) is 1.56. The van der Waals surface area contributed by atoms with Crippen molar-refractivity contribution in [1.82, 2.24) is 4.98 Å². The summed E-state index contributed by atoms with van der Waals surface area (Å²) >= 11 is 3.36. The van der Waals surface area contributed by atoms with Gasteiger partial charge in [0.2, 0.25) is 0 Å². The van der Waals surface area contributed by atoms with E-state index < -0.39 is 11.4 Å². The van der Waals surface area contributed by atoms with Gasteiger partial charge in [0.15, 0.2) is 0 Å². The fourth-order valence-electron chi connectivity index (χ4n) is 1.77. The third kappa shape index (κ3) is 2.23. The van der Waals surface area contributed by atoms with Crippen molar-refractivity contribution in [2.75, 3.05) is 0 Å². The Bertz CT molecular complexity index is 495. The molecular formula is C13H11BrFNO. The molecule has 0 aliphatic heterocycles. The van der Waals surface area contributed by atoms with Gasteiger partial charge < -0.3 is 5.11 Å². The predicted octanol–water partition coefficient (Wildman–Crippen LogP) is 3.24. The zero-order valence-electron chi connectivity index (χ0n) is 9.19. The second-order valence-electron chi connectivity index (χ2n) is 3.91. The molecule has 88 valence electrons. The lowest BCUT2D eigenvalue weighted by Crippen LogP contribution is -2.24. The number of nitrogens with zero attached hydrogens (tertiary/aromatic N) is 1. The summed E-state index contributed by atoms with van der Waals surface area (Å²) in [7, 11) is 0. The Kier molecular flexibility index (Phi) is 3.26. The van der Waals surface area contributed by atoms with Gasteiger partial charge in [0, 0.05) is 21.8 Å². The fourth-order valence-corrected chi connectivity index (χ4v) is 2.44. The summed E-state index contributed by atoms with van der Waals surface area (Å²) in [6.07, 6.45) is 2.56. The van der Waals surface area contributed by atoms with Gasteiger partial charge in [0.25, 0.3) is 0 Å². The molecule has 0 spiro atoms. The third-order valence-corrected chi connectivity index (χ3v) is 3.39. The zero-order chi connectivity index (χ0) is 12.5. The molecule has 1 aromatic heterocycles. The molecule has 2 nitrogen and oxygen atoms in total. The minimum Gasteiger partial charge on any atom is -0.381 e. The van der Waals surface area contributed by atoms with Gasteiger partial charge in [-0.15, -0.1) is 0 Å². The van der Waals surface area contributed by atoms with Crippen molar-refractivity contribution in [3.8, 4) is 0 Å². The van der Waals surface area contributed by atoms with Crippen LogP contribution in [-0.2, 0) is 5.60 Å². The SMILES string of the molecule is CC(O)(c1ccncc1F)c1ccccc1Br. The molecular weight excluding hydrogens is 285 g/mol. The van der Waals surface area contributed by atoms with Crippen molar-refractivity contribution in [1.29, 1.82) is 0 Å². The highest BCUT2D eigenvalue weighted by Crippen LogP contribution is 2.34. The first kappa shape index (κ1) is 12.2. The Hall–Kier alpha value is -1.26. The van der Waals surface area contributed by atoms with Gasteiger partial charge in [-0.25, -0.2) is 4.39 Å². The number of pyridine rings is 1. The number of hydrogen-bond donors (Lipinski definition) is 1. The van der Waals surface area contributed by atoms with Crippen LogP contribution in [0.4, 0.5) is 4.39 Å². The number of benzene rings is 1. The van der Waals surface area contributed by atoms with E-state index in [1.807, 2.05) is 12.1 Å². The van der Waals surface area contributed by atoms with Crippen LogP contribution >= 0.6 is 15.9 Å². The second kappa shape index (κ2) is 4.55. The third-order valence-electron chi connectivity index (χ3n) is 2.70. The van der Waals surface area contributed by atoms with Crippen LogP contribution in [0.15, 0.2) is 47.2 Å². The molecule has 0 bridgehead atoms. The largest absolute Gasteiger partial charge is 0.381 e. The lowest BCUT2D eigenvalue weighted by molar-refractivity contribution is 0.0970. The van der Waals surface area contributed by atoms with E-state index in [1.54, 1.807) is 19.1 Å². The van der Waals surface area contributed by atoms with Crippen LogP contribution < -0.4 is 0 Å². The van der Waals surface area contributed by atoms with Crippen molar-refractivity contribution in [2.24, 2.45) is 0 Å². The van der Waals surface area contributed by atoms with Crippen LogP contribution in [0.25, 0.3) is 0 Å². The highest BCUT2D eigenvalue weighted by Gasteiger charge is 2.30. The highest BCUT2D eigenvalue weighted by molar-refractivity contribution is 9.10. The number of hydrogen-bond acceptors (Lipinski definition) is 2. The Morgan fingerprint density at radius 3 is 2.59 bits per heavy atom. The van der Waals surface area contributed by atoms with E-state index in [1.165, 1.54) is 12.3 Å². The van der Waals surface area contributed by atoms with Crippen molar-refractivity contribution >= 4 is 15.9 Å². The van der Waals surface area contributed by atoms with E-state index in [0.29, 0.717) is 5.56 Å². The molecule has 1 unspecified atom stereocenters. The zero-order valence-corrected chi connectivity index (χ0v) is 10.8. The molecule has 1 atom stereocenters. The van der Waals surface area contributed by atoms with Crippen LogP contribution in [0.5, 0.6) is 0 Å². The summed E-state index contributed by atoms with van der Waals surface area (Å²) in [4.78, 5) is 3.68. The van der Waals surface area contributed by atoms with Crippen LogP contribution in [-0.4, -0.2) is 10.1 Å². The first-order valence-corrected chi connectivity index (χ1v) is 5.90. The van der Waals surface area contributed by atoms with Crippen molar-refractivity contribution in [2.45, 2.75) is 12.5 Å². The molecule has 0 radical (unpaired) electrons. The van der Waals surface area contributed by atoms with Gasteiger partial charge in [-0.3, -0.25) is 4.98 Å². The maximum atomic E-state index is 13.7. The van der Waals surface area contributed by atoms with E-state index in [-0.39, 0.29) is 5.56 Å². The molecule has 1 N–H and O–H groups in total. The fraction of sp³-hybridized carbons (Fsp3) is 0.154. The van der Waals surface area contributed by atoms with Gasteiger partial charge in [-0.05, 0) is 19.1 Å². The maximum absolute atomic E-state index is 13.7. The predicted molar refractivity (Wildman–Crippen MR) is 67.0 cm³/mol. The minimum absolute atomic E-state index is 0.208. The standard InChI is InChI=1S/C13H11BrFNO/c1-13(17,9-4-2-3-5-11(9)14)10-6-7-16-8-12(10)15/h2-8,17H,1H3. The molecule has 0 aliphatic rings. The minimum atomic E-state index is -1.40. The first-order chi connectivity index (χ1) is 8.03. The van der Waals surface area contributed by atoms with E-state index in [9.17, 15) is 9.50 Å². The molecule has 0 fully saturated rings. The Labute approximate surface area is 107 Å². The molecule has 2 aromatic rings. The lowest BCUT2D eigenvalue weighted by Gasteiger charge is -2.25. The Morgan fingerprint density at radius 2 is 1.94 bits per heavy atom. The number of aromatic nitrogens is 1. The quantitative estimate of drug-likeness (QED) is 0.923. The monoisotopic (exact) mass is 295 g/mol. The van der Waals surface area contributed by atoms with E-state index >= 15 is 0 Å². The lowest BCUT2D eigenvalue weighted by atomic mass is 9.88. The summed E-state index contributed by atoms with van der Waals surface area (Å²) < 4.78 is 14.4. The van der Waals surface area contributed by atoms with Crippen LogP contribution in [0.1, 0.15) is 18.1 Å². The van der Waals surface area contributed by atoms with E-state index in [4.69, 9.17) is 0 Å². The summed E-state index contributed by atoms with van der Waals surface area (Å²) in [5.41, 5.74) is -0.572. The molecule has 0 saturated heterocycles. The topological polar surface area (TPSA) is 33.1 Å². The number of aliphatic hydroxyl groups is 1. The van der Waals surface area contributed by atoms with Gasteiger partial charge in [0.1, 0.15) is 11.4 Å². The number of rotatable bonds is 2. The molecule has 2 rings (SSSR count). The molecule has 4 heteroatoms. The molecule has 17 heavy (non-hydrogen) atoms. The van der Waals surface area contributed by atoms with Crippen molar-refractivity contribution in [3.05, 3.63) is 64.1 Å². The summed E-state index contributed by atoms with van der Waals surface area (Å²) in [5, 5.41) is 10.5. The van der Waals surface area contributed by atoms with Gasteiger partial charge in [0.05, 0.1) is 6.20 Å². The van der Waals surface area contributed by atoms with Gasteiger partial charge in [-0.1, -0.05) is 34.1 Å². The molecule has 0 aliphatic carbocycles. The van der Waals surface area contributed by atoms with Crippen molar-refractivity contribution in [3.63, 3.8) is 0 Å². The average molecular weight is 296 g/mol. The Balaban J connectivity index is 2.58.